The molecule has 1 aromatic carbocycles. The lowest BCUT2D eigenvalue weighted by atomic mass is 10.1. The molecule has 0 heterocycles. The Labute approximate surface area is 179 Å². The average Bonchev–Trinajstić information content (AvgIpc) is 2.57. The smallest absolute Gasteiger partial charge is 0.251 e. The summed E-state index contributed by atoms with van der Waals surface area (Å²) in [6, 6.07) is 7.52. The van der Waals surface area contributed by atoms with Gasteiger partial charge in [-0.05, 0) is 51.8 Å². The van der Waals surface area contributed by atoms with E-state index in [-0.39, 0.29) is 47.9 Å². The van der Waals surface area contributed by atoms with E-state index in [9.17, 15) is 9.59 Å². The van der Waals surface area contributed by atoms with Crippen molar-refractivity contribution in [3.05, 3.63) is 35.4 Å². The number of guanidine groups is 1. The van der Waals surface area contributed by atoms with Crippen LogP contribution in [0, 0.1) is 0 Å². The maximum absolute atomic E-state index is 11.9. The molecule has 152 valence electrons. The highest BCUT2D eigenvalue weighted by atomic mass is 127. The summed E-state index contributed by atoms with van der Waals surface area (Å²) in [5, 5.41) is 11.8. The second kappa shape index (κ2) is 12.5. The molecule has 8 heteroatoms. The monoisotopic (exact) mass is 489 g/mol. The lowest BCUT2D eigenvalue weighted by Gasteiger charge is -2.20. The Morgan fingerprint density at radius 1 is 1.15 bits per heavy atom. The highest BCUT2D eigenvalue weighted by Gasteiger charge is 2.13. The van der Waals surface area contributed by atoms with Gasteiger partial charge in [0.25, 0.3) is 5.91 Å². The van der Waals surface area contributed by atoms with Crippen LogP contribution >= 0.6 is 24.0 Å². The van der Waals surface area contributed by atoms with E-state index in [2.05, 4.69) is 26.3 Å². The first-order chi connectivity index (χ1) is 12.2. The van der Waals surface area contributed by atoms with Crippen LogP contribution in [0.1, 0.15) is 43.6 Å². The molecule has 0 fully saturated rings. The molecular weight excluding hydrogens is 457 g/mol. The predicted octanol–water partition coefficient (Wildman–Crippen LogP) is 1.68. The van der Waals surface area contributed by atoms with Crippen LogP contribution in [-0.4, -0.2) is 50.0 Å². The molecule has 7 nitrogen and oxygen atoms in total. The van der Waals surface area contributed by atoms with Gasteiger partial charge in [-0.3, -0.25) is 9.59 Å². The number of hydrogen-bond donors (Lipinski definition) is 4. The lowest BCUT2D eigenvalue weighted by Crippen LogP contribution is -2.43. The molecule has 0 aliphatic carbocycles. The summed E-state index contributed by atoms with van der Waals surface area (Å²) in [6.45, 7) is 9.20. The molecule has 27 heavy (non-hydrogen) atoms. The number of carbonyl (C=O) groups excluding carboxylic acids is 2. The molecule has 2 amide bonds. The molecule has 0 spiro atoms. The summed E-state index contributed by atoms with van der Waals surface area (Å²) < 4.78 is 0. The Hall–Kier alpha value is -1.84. The van der Waals surface area contributed by atoms with Crippen molar-refractivity contribution in [1.29, 1.82) is 0 Å². The highest BCUT2D eigenvalue weighted by Crippen LogP contribution is 2.05. The van der Waals surface area contributed by atoms with Gasteiger partial charge in [-0.2, -0.15) is 0 Å². The molecule has 0 saturated carbocycles. The molecule has 0 unspecified atom stereocenters. The number of benzene rings is 1. The van der Waals surface area contributed by atoms with Crippen LogP contribution in [0.2, 0.25) is 0 Å². The Bertz CT molecular complexity index is 641. The van der Waals surface area contributed by atoms with Crippen molar-refractivity contribution < 1.29 is 9.59 Å². The van der Waals surface area contributed by atoms with Gasteiger partial charge in [-0.15, -0.1) is 24.0 Å². The van der Waals surface area contributed by atoms with Crippen LogP contribution in [-0.2, 0) is 11.2 Å². The minimum absolute atomic E-state index is 0. The third kappa shape index (κ3) is 10.8. The fourth-order valence-electron chi connectivity index (χ4n) is 2.29. The minimum atomic E-state index is -0.270. The Balaban J connectivity index is 0.00000676. The van der Waals surface area contributed by atoms with Crippen LogP contribution < -0.4 is 21.3 Å². The van der Waals surface area contributed by atoms with Gasteiger partial charge < -0.3 is 21.3 Å². The first kappa shape index (κ1) is 25.2. The molecule has 0 bridgehead atoms. The SMILES string of the molecule is CCNC(=NCC(=O)NC(C)(C)C)NCCc1cccc(C(=O)NC)c1.I. The van der Waals surface area contributed by atoms with Gasteiger partial charge in [0.1, 0.15) is 6.54 Å². The molecule has 1 rings (SSSR count). The number of halogens is 1. The van der Waals surface area contributed by atoms with E-state index in [1.807, 2.05) is 45.9 Å². The standard InChI is InChI=1S/C19H31N5O2.HI/c1-6-21-18(23-13-16(25)24-19(2,3)4)22-11-10-14-8-7-9-15(12-14)17(26)20-5;/h7-9,12H,6,10-11,13H2,1-5H3,(H,20,26)(H,24,25)(H2,21,22,23);1H. The van der Waals surface area contributed by atoms with Crippen LogP contribution in [0.3, 0.4) is 0 Å². The molecule has 1 aromatic rings. The van der Waals surface area contributed by atoms with Gasteiger partial charge >= 0.3 is 0 Å². The molecule has 0 radical (unpaired) electrons. The van der Waals surface area contributed by atoms with E-state index in [0.717, 1.165) is 12.0 Å². The Morgan fingerprint density at radius 3 is 2.44 bits per heavy atom. The quantitative estimate of drug-likeness (QED) is 0.266. The van der Waals surface area contributed by atoms with Gasteiger partial charge in [-0.1, -0.05) is 12.1 Å². The predicted molar refractivity (Wildman–Crippen MR) is 121 cm³/mol. The number of amides is 2. The number of rotatable bonds is 7. The molecule has 0 aliphatic heterocycles. The van der Waals surface area contributed by atoms with Crippen molar-refractivity contribution in [1.82, 2.24) is 21.3 Å². The van der Waals surface area contributed by atoms with E-state index in [1.165, 1.54) is 0 Å². The molecule has 0 saturated heterocycles. The average molecular weight is 489 g/mol. The van der Waals surface area contributed by atoms with Crippen LogP contribution in [0.5, 0.6) is 0 Å². The van der Waals surface area contributed by atoms with E-state index in [1.54, 1.807) is 13.1 Å². The van der Waals surface area contributed by atoms with Gasteiger partial charge in [0, 0.05) is 31.2 Å². The number of carbonyl (C=O) groups is 2. The zero-order valence-electron chi connectivity index (χ0n) is 16.8. The third-order valence-electron chi connectivity index (χ3n) is 3.36. The first-order valence-electron chi connectivity index (χ1n) is 8.89. The fraction of sp³-hybridized carbons (Fsp3) is 0.526. The largest absolute Gasteiger partial charge is 0.357 e. The first-order valence-corrected chi connectivity index (χ1v) is 8.89. The van der Waals surface area contributed by atoms with Crippen LogP contribution in [0.15, 0.2) is 29.3 Å². The normalized spacial score (nSPS) is 11.2. The van der Waals surface area contributed by atoms with E-state index >= 15 is 0 Å². The van der Waals surface area contributed by atoms with Gasteiger partial charge in [-0.25, -0.2) is 4.99 Å². The molecule has 0 aliphatic rings. The third-order valence-corrected chi connectivity index (χ3v) is 3.36. The van der Waals surface area contributed by atoms with Crippen molar-refractivity contribution in [2.75, 3.05) is 26.7 Å². The lowest BCUT2D eigenvalue weighted by molar-refractivity contribution is -0.121. The van der Waals surface area contributed by atoms with Crippen molar-refractivity contribution in [3.63, 3.8) is 0 Å². The topological polar surface area (TPSA) is 94.6 Å². The number of hydrogen-bond acceptors (Lipinski definition) is 3. The maximum Gasteiger partial charge on any atom is 0.251 e. The highest BCUT2D eigenvalue weighted by molar-refractivity contribution is 14.0. The van der Waals surface area contributed by atoms with Crippen molar-refractivity contribution >= 4 is 41.8 Å². The van der Waals surface area contributed by atoms with Crippen molar-refractivity contribution in [3.8, 4) is 0 Å². The number of nitrogens with one attached hydrogen (secondary N) is 4. The zero-order chi connectivity index (χ0) is 19.6. The minimum Gasteiger partial charge on any atom is -0.357 e. The maximum atomic E-state index is 11.9. The fourth-order valence-corrected chi connectivity index (χ4v) is 2.29. The van der Waals surface area contributed by atoms with Gasteiger partial charge in [0.15, 0.2) is 5.96 Å². The van der Waals surface area contributed by atoms with Gasteiger partial charge in [0.2, 0.25) is 5.91 Å². The summed E-state index contributed by atoms with van der Waals surface area (Å²) in [5.41, 5.74) is 1.43. The molecule has 4 N–H and O–H groups in total. The zero-order valence-corrected chi connectivity index (χ0v) is 19.1. The Kier molecular flexibility index (Phi) is 11.7. The summed E-state index contributed by atoms with van der Waals surface area (Å²) in [6.07, 6.45) is 0.740. The second-order valence-electron chi connectivity index (χ2n) is 6.95. The molecule has 0 aromatic heterocycles. The Morgan fingerprint density at radius 2 is 1.85 bits per heavy atom. The van der Waals surface area contributed by atoms with Crippen LogP contribution in [0.25, 0.3) is 0 Å². The van der Waals surface area contributed by atoms with Crippen LogP contribution in [0.4, 0.5) is 0 Å². The second-order valence-corrected chi connectivity index (χ2v) is 6.95. The molecular formula is C19H32IN5O2. The van der Waals surface area contributed by atoms with E-state index < -0.39 is 0 Å². The summed E-state index contributed by atoms with van der Waals surface area (Å²) in [5.74, 6) is 0.381. The number of nitrogens with zero attached hydrogens (tertiary/aromatic N) is 1. The van der Waals surface area contributed by atoms with Gasteiger partial charge in [0.05, 0.1) is 0 Å². The summed E-state index contributed by atoms with van der Waals surface area (Å²) in [7, 11) is 1.62. The van der Waals surface area contributed by atoms with E-state index in [0.29, 0.717) is 24.6 Å². The summed E-state index contributed by atoms with van der Waals surface area (Å²) in [4.78, 5) is 27.9. The van der Waals surface area contributed by atoms with Crippen molar-refractivity contribution in [2.24, 2.45) is 4.99 Å². The summed E-state index contributed by atoms with van der Waals surface area (Å²) >= 11 is 0. The molecule has 0 atom stereocenters. The van der Waals surface area contributed by atoms with Crippen molar-refractivity contribution in [2.45, 2.75) is 39.7 Å². The number of aliphatic imine (C=N–C) groups is 1. The van der Waals surface area contributed by atoms with E-state index in [4.69, 9.17) is 0 Å².